The predicted molar refractivity (Wildman–Crippen MR) is 110 cm³/mol. The molecule has 0 aliphatic rings. The molecule has 144 valence electrons. The number of hydrogen-bond donors (Lipinski definition) is 1. The van der Waals surface area contributed by atoms with Gasteiger partial charge >= 0.3 is 0 Å². The Balaban J connectivity index is 1.87. The van der Waals surface area contributed by atoms with Crippen LogP contribution >= 0.6 is 0 Å². The second-order valence-corrected chi connectivity index (χ2v) is 7.16. The fourth-order valence-electron chi connectivity index (χ4n) is 2.98. The van der Waals surface area contributed by atoms with Crippen LogP contribution in [0, 0.1) is 20.8 Å². The maximum absolute atomic E-state index is 12.5. The van der Waals surface area contributed by atoms with Crippen LogP contribution in [0.5, 0.6) is 0 Å². The summed E-state index contributed by atoms with van der Waals surface area (Å²) < 4.78 is 0. The number of hydrogen-bond acceptors (Lipinski definition) is 3. The van der Waals surface area contributed by atoms with E-state index in [0.29, 0.717) is 6.54 Å². The van der Waals surface area contributed by atoms with Crippen molar-refractivity contribution in [2.45, 2.75) is 27.3 Å². The van der Waals surface area contributed by atoms with E-state index in [2.05, 4.69) is 24.4 Å². The monoisotopic (exact) mass is 367 g/mol. The smallest absolute Gasteiger partial charge is 0.243 e. The first-order valence-corrected chi connectivity index (χ1v) is 9.11. The molecule has 0 heterocycles. The molecule has 0 saturated heterocycles. The maximum Gasteiger partial charge on any atom is 0.243 e. The molecule has 0 spiro atoms. The lowest BCUT2D eigenvalue weighted by molar-refractivity contribution is -0.134. The first-order chi connectivity index (χ1) is 12.8. The maximum atomic E-state index is 12.5. The molecule has 0 aliphatic carbocycles. The SMILES string of the molecule is Cc1ccccc1CN(C)CC(=O)N(C)CC(=O)Nc1c(C)cccc1C. The molecular formula is C22H29N3O2. The van der Waals surface area contributed by atoms with Crippen molar-refractivity contribution in [1.29, 1.82) is 0 Å². The summed E-state index contributed by atoms with van der Waals surface area (Å²) in [5, 5.41) is 2.92. The fraction of sp³-hybridized carbons (Fsp3) is 0.364. The number of anilines is 1. The molecule has 1 N–H and O–H groups in total. The molecule has 0 bridgehead atoms. The third kappa shape index (κ3) is 5.93. The second-order valence-electron chi connectivity index (χ2n) is 7.16. The zero-order valence-electron chi connectivity index (χ0n) is 16.9. The summed E-state index contributed by atoms with van der Waals surface area (Å²) in [6, 6.07) is 14.0. The molecule has 0 unspecified atom stereocenters. The quantitative estimate of drug-likeness (QED) is 0.818. The molecule has 0 aliphatic heterocycles. The van der Waals surface area contributed by atoms with E-state index in [1.807, 2.05) is 56.1 Å². The van der Waals surface area contributed by atoms with Crippen molar-refractivity contribution in [3.63, 3.8) is 0 Å². The van der Waals surface area contributed by atoms with Gasteiger partial charge in [0, 0.05) is 19.3 Å². The van der Waals surface area contributed by atoms with Crippen molar-refractivity contribution in [2.75, 3.05) is 32.5 Å². The lowest BCUT2D eigenvalue weighted by atomic mass is 10.1. The minimum absolute atomic E-state index is 0.0326. The van der Waals surface area contributed by atoms with E-state index in [0.717, 1.165) is 16.8 Å². The Morgan fingerprint density at radius 3 is 2.07 bits per heavy atom. The summed E-state index contributed by atoms with van der Waals surface area (Å²) in [7, 11) is 3.57. The van der Waals surface area contributed by atoms with Crippen LogP contribution in [0.25, 0.3) is 0 Å². The van der Waals surface area contributed by atoms with Gasteiger partial charge in [0.1, 0.15) is 0 Å². The first-order valence-electron chi connectivity index (χ1n) is 9.11. The van der Waals surface area contributed by atoms with Crippen LogP contribution in [0.2, 0.25) is 0 Å². The van der Waals surface area contributed by atoms with Crippen molar-refractivity contribution in [2.24, 2.45) is 0 Å². The molecule has 27 heavy (non-hydrogen) atoms. The number of nitrogens with zero attached hydrogens (tertiary/aromatic N) is 2. The Labute approximate surface area is 162 Å². The van der Waals surface area contributed by atoms with Gasteiger partial charge in [-0.25, -0.2) is 0 Å². The molecule has 0 fully saturated rings. The summed E-state index contributed by atoms with van der Waals surface area (Å²) >= 11 is 0. The number of nitrogens with one attached hydrogen (secondary N) is 1. The number of carbonyl (C=O) groups excluding carboxylic acids is 2. The van der Waals surface area contributed by atoms with Gasteiger partial charge in [-0.05, 0) is 50.1 Å². The van der Waals surface area contributed by atoms with Crippen molar-refractivity contribution in [1.82, 2.24) is 9.80 Å². The van der Waals surface area contributed by atoms with Gasteiger partial charge in [-0.1, -0.05) is 42.5 Å². The van der Waals surface area contributed by atoms with Gasteiger partial charge in [0.05, 0.1) is 13.1 Å². The number of benzene rings is 2. The van der Waals surface area contributed by atoms with Crippen molar-refractivity contribution >= 4 is 17.5 Å². The number of amides is 2. The predicted octanol–water partition coefficient (Wildman–Crippen LogP) is 3.14. The molecule has 2 aromatic carbocycles. The molecule has 2 aromatic rings. The summed E-state index contributed by atoms with van der Waals surface area (Å²) in [6.07, 6.45) is 0. The van der Waals surface area contributed by atoms with Gasteiger partial charge in [0.15, 0.2) is 0 Å². The standard InChI is InChI=1S/C22H29N3O2/c1-16-9-6-7-12-19(16)13-24(4)15-21(27)25(5)14-20(26)23-22-17(2)10-8-11-18(22)3/h6-12H,13-15H2,1-5H3,(H,23,26). The number of carbonyl (C=O) groups is 2. The van der Waals surface area contributed by atoms with Crippen LogP contribution in [-0.4, -0.2) is 48.8 Å². The number of likely N-dealkylation sites (N-methyl/N-ethyl adjacent to an activating group) is 2. The van der Waals surface area contributed by atoms with E-state index in [1.165, 1.54) is 16.0 Å². The van der Waals surface area contributed by atoms with Gasteiger partial charge in [-0.2, -0.15) is 0 Å². The molecule has 0 aromatic heterocycles. The minimum atomic E-state index is -0.190. The minimum Gasteiger partial charge on any atom is -0.335 e. The Kier molecular flexibility index (Phi) is 7.13. The lowest BCUT2D eigenvalue weighted by Gasteiger charge is -2.22. The van der Waals surface area contributed by atoms with Crippen LogP contribution in [0.1, 0.15) is 22.3 Å². The van der Waals surface area contributed by atoms with Gasteiger partial charge in [0.25, 0.3) is 0 Å². The molecule has 5 nitrogen and oxygen atoms in total. The Morgan fingerprint density at radius 2 is 1.44 bits per heavy atom. The van der Waals surface area contributed by atoms with Gasteiger partial charge in [-0.15, -0.1) is 0 Å². The summed E-state index contributed by atoms with van der Waals surface area (Å²) in [4.78, 5) is 28.2. The Hall–Kier alpha value is -2.66. The zero-order chi connectivity index (χ0) is 20.0. The van der Waals surface area contributed by atoms with Crippen LogP contribution < -0.4 is 5.32 Å². The highest BCUT2D eigenvalue weighted by atomic mass is 16.2. The van der Waals surface area contributed by atoms with Gasteiger partial charge in [0.2, 0.25) is 11.8 Å². The van der Waals surface area contributed by atoms with Crippen molar-refractivity contribution in [3.05, 3.63) is 64.7 Å². The van der Waals surface area contributed by atoms with Gasteiger partial charge in [-0.3, -0.25) is 14.5 Å². The molecule has 2 rings (SSSR count). The number of aryl methyl sites for hydroxylation is 3. The molecule has 0 atom stereocenters. The summed E-state index contributed by atoms with van der Waals surface area (Å²) in [5.74, 6) is -0.271. The first kappa shape index (κ1) is 20.6. The molecule has 0 saturated carbocycles. The van der Waals surface area contributed by atoms with E-state index >= 15 is 0 Å². The third-order valence-corrected chi connectivity index (χ3v) is 4.66. The van der Waals surface area contributed by atoms with Crippen molar-refractivity contribution in [3.8, 4) is 0 Å². The number of rotatable bonds is 7. The van der Waals surface area contributed by atoms with Crippen LogP contribution in [0.15, 0.2) is 42.5 Å². The molecule has 2 amide bonds. The lowest BCUT2D eigenvalue weighted by Crippen LogP contribution is -2.40. The molecule has 0 radical (unpaired) electrons. The number of para-hydroxylation sites is 1. The highest BCUT2D eigenvalue weighted by Crippen LogP contribution is 2.19. The van der Waals surface area contributed by atoms with E-state index < -0.39 is 0 Å². The average molecular weight is 367 g/mol. The fourth-order valence-corrected chi connectivity index (χ4v) is 2.98. The van der Waals surface area contributed by atoms with Crippen molar-refractivity contribution < 1.29 is 9.59 Å². The summed E-state index contributed by atoms with van der Waals surface area (Å²) in [6.45, 7) is 6.97. The summed E-state index contributed by atoms with van der Waals surface area (Å²) in [5.41, 5.74) is 5.24. The third-order valence-electron chi connectivity index (χ3n) is 4.66. The van der Waals surface area contributed by atoms with Crippen LogP contribution in [0.3, 0.4) is 0 Å². The van der Waals surface area contributed by atoms with Gasteiger partial charge < -0.3 is 10.2 Å². The Morgan fingerprint density at radius 1 is 0.852 bits per heavy atom. The average Bonchev–Trinajstić information content (AvgIpc) is 2.60. The second kappa shape index (κ2) is 9.33. The van der Waals surface area contributed by atoms with E-state index in [9.17, 15) is 9.59 Å². The highest BCUT2D eigenvalue weighted by molar-refractivity contribution is 5.95. The zero-order valence-corrected chi connectivity index (χ0v) is 16.9. The molecule has 5 heteroatoms. The highest BCUT2D eigenvalue weighted by Gasteiger charge is 2.16. The normalized spacial score (nSPS) is 10.7. The Bertz CT molecular complexity index is 797. The molecular weight excluding hydrogens is 338 g/mol. The van der Waals surface area contributed by atoms with Crippen LogP contribution in [-0.2, 0) is 16.1 Å². The van der Waals surface area contributed by atoms with Crippen LogP contribution in [0.4, 0.5) is 5.69 Å². The van der Waals surface area contributed by atoms with E-state index in [-0.39, 0.29) is 24.9 Å². The largest absolute Gasteiger partial charge is 0.335 e. The van der Waals surface area contributed by atoms with E-state index in [1.54, 1.807) is 7.05 Å². The topological polar surface area (TPSA) is 52.7 Å². The van der Waals surface area contributed by atoms with E-state index in [4.69, 9.17) is 0 Å².